The van der Waals surface area contributed by atoms with E-state index in [1.165, 1.54) is 11.4 Å². The zero-order valence-electron chi connectivity index (χ0n) is 14.8. The third kappa shape index (κ3) is 4.20. The number of aliphatic hydroxyl groups excluding tert-OH is 1. The fourth-order valence-electron chi connectivity index (χ4n) is 3.55. The van der Waals surface area contributed by atoms with Gasteiger partial charge in [-0.2, -0.15) is 0 Å². The molecule has 1 aromatic carbocycles. The fraction of sp³-hybridized carbons (Fsp3) is 0.588. The van der Waals surface area contributed by atoms with Crippen LogP contribution in [-0.2, 0) is 19.6 Å². The standard InChI is InChI=1S/C17H26N2O5S/c1-4-18(25(3,22)23)10-14-17(13-8-6-5-7-9-13)15(11-20)19(14)16(21)12-24-2/h5-9,14-15,17,20H,4,10-12H2,1-3H3/t14-,15+,17-/m1/s1. The first-order valence-electron chi connectivity index (χ1n) is 8.26. The van der Waals surface area contributed by atoms with Crippen LogP contribution in [0.2, 0.25) is 0 Å². The number of likely N-dealkylation sites (N-methyl/N-ethyl adjacent to an activating group) is 1. The van der Waals surface area contributed by atoms with Crippen LogP contribution in [0.5, 0.6) is 0 Å². The molecule has 0 bridgehead atoms. The van der Waals surface area contributed by atoms with Crippen LogP contribution in [0, 0.1) is 0 Å². The Kier molecular flexibility index (Phi) is 6.56. The SMILES string of the molecule is CCN(C[C@@H]1[C@@H](c2ccccc2)[C@H](CO)N1C(=O)COC)S(C)(=O)=O. The number of rotatable bonds is 8. The number of benzene rings is 1. The van der Waals surface area contributed by atoms with Crippen LogP contribution in [0.4, 0.5) is 0 Å². The predicted molar refractivity (Wildman–Crippen MR) is 94.7 cm³/mol. The molecule has 3 atom stereocenters. The maximum Gasteiger partial charge on any atom is 0.249 e. The van der Waals surface area contributed by atoms with E-state index in [9.17, 15) is 18.3 Å². The summed E-state index contributed by atoms with van der Waals surface area (Å²) in [6.07, 6.45) is 1.16. The van der Waals surface area contributed by atoms with Gasteiger partial charge in [-0.25, -0.2) is 12.7 Å². The first-order chi connectivity index (χ1) is 11.8. The maximum atomic E-state index is 12.4. The number of carbonyl (C=O) groups excluding carboxylic acids is 1. The number of nitrogens with zero attached hydrogens (tertiary/aromatic N) is 2. The highest BCUT2D eigenvalue weighted by Gasteiger charge is 2.51. The Morgan fingerprint density at radius 3 is 2.40 bits per heavy atom. The van der Waals surface area contributed by atoms with Crippen molar-refractivity contribution in [2.75, 3.05) is 39.7 Å². The molecule has 0 radical (unpaired) electrons. The first kappa shape index (κ1) is 19.8. The van der Waals surface area contributed by atoms with Crippen molar-refractivity contribution in [1.82, 2.24) is 9.21 Å². The van der Waals surface area contributed by atoms with Crippen molar-refractivity contribution >= 4 is 15.9 Å². The van der Waals surface area contributed by atoms with Crippen LogP contribution in [0.15, 0.2) is 30.3 Å². The van der Waals surface area contributed by atoms with E-state index in [2.05, 4.69) is 0 Å². The Hall–Kier alpha value is -1.48. The van der Waals surface area contributed by atoms with Crippen LogP contribution in [0.3, 0.4) is 0 Å². The summed E-state index contributed by atoms with van der Waals surface area (Å²) in [5.74, 6) is -0.369. The molecule has 0 aliphatic carbocycles. The molecule has 8 heteroatoms. The summed E-state index contributed by atoms with van der Waals surface area (Å²) in [4.78, 5) is 14.0. The largest absolute Gasteiger partial charge is 0.394 e. The number of sulfonamides is 1. The average Bonchev–Trinajstić information content (AvgIpc) is 2.54. The molecule has 0 unspecified atom stereocenters. The average molecular weight is 370 g/mol. The second-order valence-electron chi connectivity index (χ2n) is 6.20. The van der Waals surface area contributed by atoms with Crippen LogP contribution in [-0.4, -0.2) is 80.4 Å². The van der Waals surface area contributed by atoms with Crippen molar-refractivity contribution in [3.63, 3.8) is 0 Å². The van der Waals surface area contributed by atoms with Crippen molar-refractivity contribution in [3.05, 3.63) is 35.9 Å². The summed E-state index contributed by atoms with van der Waals surface area (Å²) >= 11 is 0. The molecule has 1 heterocycles. The van der Waals surface area contributed by atoms with Crippen LogP contribution < -0.4 is 0 Å². The van der Waals surface area contributed by atoms with E-state index in [1.54, 1.807) is 11.8 Å². The number of hydrogen-bond donors (Lipinski definition) is 1. The zero-order valence-corrected chi connectivity index (χ0v) is 15.6. The molecular weight excluding hydrogens is 344 g/mol. The van der Waals surface area contributed by atoms with Gasteiger partial charge in [0.15, 0.2) is 0 Å². The van der Waals surface area contributed by atoms with E-state index >= 15 is 0 Å². The highest BCUT2D eigenvalue weighted by molar-refractivity contribution is 7.88. The van der Waals surface area contributed by atoms with Gasteiger partial charge >= 0.3 is 0 Å². The second kappa shape index (κ2) is 8.27. The van der Waals surface area contributed by atoms with Crippen molar-refractivity contribution in [1.29, 1.82) is 0 Å². The molecule has 1 aromatic rings. The Bertz CT molecular complexity index is 680. The summed E-state index contributed by atoms with van der Waals surface area (Å²) in [5, 5.41) is 9.81. The minimum Gasteiger partial charge on any atom is -0.394 e. The Balaban J connectivity index is 2.34. The number of carbonyl (C=O) groups is 1. The van der Waals surface area contributed by atoms with Crippen molar-refractivity contribution in [2.45, 2.75) is 24.9 Å². The molecule has 25 heavy (non-hydrogen) atoms. The van der Waals surface area contributed by atoms with Gasteiger partial charge in [0.05, 0.1) is 24.9 Å². The van der Waals surface area contributed by atoms with Gasteiger partial charge in [0.25, 0.3) is 0 Å². The summed E-state index contributed by atoms with van der Waals surface area (Å²) in [6, 6.07) is 8.85. The molecular formula is C17H26N2O5S. The minimum atomic E-state index is -3.38. The van der Waals surface area contributed by atoms with Crippen molar-refractivity contribution in [2.24, 2.45) is 0 Å². The Labute approximate surface area is 149 Å². The van der Waals surface area contributed by atoms with E-state index in [0.717, 1.165) is 11.8 Å². The Morgan fingerprint density at radius 1 is 1.28 bits per heavy atom. The van der Waals surface area contributed by atoms with Gasteiger partial charge in [0.1, 0.15) is 6.61 Å². The lowest BCUT2D eigenvalue weighted by atomic mass is 9.75. The first-order valence-corrected chi connectivity index (χ1v) is 10.1. The summed E-state index contributed by atoms with van der Waals surface area (Å²) in [6.45, 7) is 2.01. The molecule has 140 valence electrons. The summed E-state index contributed by atoms with van der Waals surface area (Å²) in [5.41, 5.74) is 0.984. The number of aliphatic hydroxyl groups is 1. The van der Waals surface area contributed by atoms with Gasteiger partial charge in [-0.05, 0) is 5.56 Å². The van der Waals surface area contributed by atoms with E-state index in [-0.39, 0.29) is 43.7 Å². The molecule has 2 rings (SSSR count). The quantitative estimate of drug-likeness (QED) is 0.710. The van der Waals surface area contributed by atoms with Crippen molar-refractivity contribution < 1.29 is 23.1 Å². The molecule has 7 nitrogen and oxygen atoms in total. The number of hydrogen-bond acceptors (Lipinski definition) is 5. The third-order valence-corrected chi connectivity index (χ3v) is 6.03. The zero-order chi connectivity index (χ0) is 18.6. The van der Waals surface area contributed by atoms with Gasteiger partial charge < -0.3 is 14.7 Å². The highest BCUT2D eigenvalue weighted by atomic mass is 32.2. The van der Waals surface area contributed by atoms with Gasteiger partial charge in [0, 0.05) is 26.1 Å². The lowest BCUT2D eigenvalue weighted by Gasteiger charge is -2.55. The number of methoxy groups -OCH3 is 1. The molecule has 1 amide bonds. The van der Waals surface area contributed by atoms with E-state index in [4.69, 9.17) is 4.74 Å². The lowest BCUT2D eigenvalue weighted by Crippen LogP contribution is -2.69. The lowest BCUT2D eigenvalue weighted by molar-refractivity contribution is -0.155. The molecule has 0 spiro atoms. The summed E-state index contributed by atoms with van der Waals surface area (Å²) < 4.78 is 30.3. The monoisotopic (exact) mass is 370 g/mol. The number of amides is 1. The third-order valence-electron chi connectivity index (χ3n) is 4.68. The smallest absolute Gasteiger partial charge is 0.249 e. The summed E-state index contributed by atoms with van der Waals surface area (Å²) in [7, 11) is -1.94. The molecule has 0 aromatic heterocycles. The topological polar surface area (TPSA) is 87.2 Å². The molecule has 1 fully saturated rings. The Morgan fingerprint density at radius 2 is 1.92 bits per heavy atom. The van der Waals surface area contributed by atoms with Crippen LogP contribution in [0.25, 0.3) is 0 Å². The molecule has 0 saturated carbocycles. The second-order valence-corrected chi connectivity index (χ2v) is 8.18. The van der Waals surface area contributed by atoms with Crippen LogP contribution >= 0.6 is 0 Å². The van der Waals surface area contributed by atoms with E-state index < -0.39 is 10.0 Å². The molecule has 1 saturated heterocycles. The minimum absolute atomic E-state index is 0.0977. The molecule has 1 aliphatic rings. The highest BCUT2D eigenvalue weighted by Crippen LogP contribution is 2.41. The van der Waals surface area contributed by atoms with E-state index in [0.29, 0.717) is 6.54 Å². The maximum absolute atomic E-state index is 12.4. The predicted octanol–water partition coefficient (Wildman–Crippen LogP) is 0.270. The normalized spacial score (nSPS) is 23.6. The van der Waals surface area contributed by atoms with Crippen molar-refractivity contribution in [3.8, 4) is 0 Å². The van der Waals surface area contributed by atoms with Gasteiger partial charge in [-0.3, -0.25) is 4.79 Å². The van der Waals surface area contributed by atoms with E-state index in [1.807, 2.05) is 30.3 Å². The van der Waals surface area contributed by atoms with Gasteiger partial charge in [-0.1, -0.05) is 37.3 Å². The van der Waals surface area contributed by atoms with Gasteiger partial charge in [-0.15, -0.1) is 0 Å². The molecule has 1 aliphatic heterocycles. The number of ether oxygens (including phenoxy) is 1. The van der Waals surface area contributed by atoms with Gasteiger partial charge in [0.2, 0.25) is 15.9 Å². The van der Waals surface area contributed by atoms with Crippen LogP contribution in [0.1, 0.15) is 18.4 Å². The number of likely N-dealkylation sites (tertiary alicyclic amines) is 1. The molecule has 1 N–H and O–H groups in total. The fourth-order valence-corrected chi connectivity index (χ4v) is 4.44.